The summed E-state index contributed by atoms with van der Waals surface area (Å²) in [4.78, 5) is 35.6. The van der Waals surface area contributed by atoms with Gasteiger partial charge in [-0.2, -0.15) is 0 Å². The van der Waals surface area contributed by atoms with Crippen molar-refractivity contribution >= 4 is 45.6 Å². The van der Waals surface area contributed by atoms with Crippen LogP contribution in [0.3, 0.4) is 0 Å². The molecule has 1 aromatic heterocycles. The zero-order chi connectivity index (χ0) is 26.5. The van der Waals surface area contributed by atoms with Gasteiger partial charge in [-0.25, -0.2) is 4.98 Å². The Morgan fingerprint density at radius 3 is 2.42 bits per heavy atom. The second-order valence-electron chi connectivity index (χ2n) is 9.74. The molecule has 1 aliphatic rings. The summed E-state index contributed by atoms with van der Waals surface area (Å²) >= 11 is 5.51. The van der Waals surface area contributed by atoms with Crippen molar-refractivity contribution in [3.05, 3.63) is 100.0 Å². The highest BCUT2D eigenvalue weighted by atomic mass is 32.1. The Morgan fingerprint density at radius 2 is 1.71 bits per heavy atom. The summed E-state index contributed by atoms with van der Waals surface area (Å²) < 4.78 is 0. The van der Waals surface area contributed by atoms with E-state index < -0.39 is 0 Å². The number of benzene rings is 3. The Morgan fingerprint density at radius 1 is 1.03 bits per heavy atom. The van der Waals surface area contributed by atoms with Gasteiger partial charge in [-0.15, -0.1) is 0 Å². The number of fused-ring (bicyclic) bond motifs is 1. The van der Waals surface area contributed by atoms with E-state index in [0.717, 1.165) is 24.1 Å². The monoisotopic (exact) mass is 525 g/mol. The molecule has 0 atom stereocenters. The van der Waals surface area contributed by atoms with Gasteiger partial charge in [0.1, 0.15) is 5.69 Å². The largest absolute Gasteiger partial charge is 0.370 e. The normalized spacial score (nSPS) is 13.7. The topological polar surface area (TPSA) is 90.1 Å². The Hall–Kier alpha value is -4.04. The summed E-state index contributed by atoms with van der Waals surface area (Å²) in [6, 6.07) is 23.0. The minimum absolute atomic E-state index is 0.188. The lowest BCUT2D eigenvalue weighted by Crippen LogP contribution is -2.36. The van der Waals surface area contributed by atoms with Gasteiger partial charge in [-0.05, 0) is 54.9 Å². The second kappa shape index (κ2) is 11.6. The van der Waals surface area contributed by atoms with Crippen molar-refractivity contribution in [2.45, 2.75) is 44.6 Å². The lowest BCUT2D eigenvalue weighted by Gasteiger charge is -2.34. The van der Waals surface area contributed by atoms with Crippen LogP contribution < -0.4 is 21.1 Å². The van der Waals surface area contributed by atoms with Crippen LogP contribution in [-0.2, 0) is 6.42 Å². The molecule has 0 aliphatic heterocycles. The van der Waals surface area contributed by atoms with Crippen molar-refractivity contribution in [3.8, 4) is 0 Å². The molecule has 4 aromatic rings. The van der Waals surface area contributed by atoms with Gasteiger partial charge in [-0.1, -0.05) is 67.8 Å². The summed E-state index contributed by atoms with van der Waals surface area (Å²) in [5.41, 5.74) is 4.74. The van der Waals surface area contributed by atoms with Gasteiger partial charge in [0.25, 0.3) is 11.5 Å². The molecule has 38 heavy (non-hydrogen) atoms. The van der Waals surface area contributed by atoms with Gasteiger partial charge in [0.15, 0.2) is 5.11 Å². The van der Waals surface area contributed by atoms with Crippen molar-refractivity contribution in [3.63, 3.8) is 0 Å². The number of thiocarbonyl (C=S) groups is 1. The number of aromatic nitrogens is 2. The lowest BCUT2D eigenvalue weighted by atomic mass is 9.94. The molecule has 3 aromatic carbocycles. The maximum Gasteiger partial charge on any atom is 0.270 e. The molecule has 8 heteroatoms. The van der Waals surface area contributed by atoms with Gasteiger partial charge < -0.3 is 15.2 Å². The first-order valence-corrected chi connectivity index (χ1v) is 13.4. The van der Waals surface area contributed by atoms with Crippen LogP contribution in [0, 0.1) is 0 Å². The number of hydrogen-bond donors (Lipinski definition) is 3. The Kier molecular flexibility index (Phi) is 7.79. The minimum atomic E-state index is -0.285. The molecule has 194 valence electrons. The van der Waals surface area contributed by atoms with E-state index in [2.05, 4.69) is 27.6 Å². The van der Waals surface area contributed by atoms with Crippen molar-refractivity contribution < 1.29 is 4.79 Å². The minimum Gasteiger partial charge on any atom is -0.370 e. The molecule has 0 spiro atoms. The molecule has 1 heterocycles. The zero-order valence-electron chi connectivity index (χ0n) is 21.4. The molecule has 3 N–H and O–H groups in total. The number of carbonyl (C=O) groups excluding carboxylic acids is 1. The van der Waals surface area contributed by atoms with Crippen LogP contribution in [0.15, 0.2) is 77.6 Å². The molecular formula is C30H31N5O2S. The molecule has 1 saturated carbocycles. The van der Waals surface area contributed by atoms with Gasteiger partial charge in [-0.3, -0.25) is 14.9 Å². The van der Waals surface area contributed by atoms with E-state index in [1.807, 2.05) is 48.5 Å². The number of hydrogen-bond acceptors (Lipinski definition) is 5. The third kappa shape index (κ3) is 5.92. The van der Waals surface area contributed by atoms with E-state index in [1.165, 1.54) is 19.3 Å². The molecular weight excluding hydrogens is 494 g/mol. The molecule has 1 amide bonds. The SMILES string of the molecule is CN(c1cc2nc(Cc3ccccc3)c(=O)[nH]c2cc1NC(=S)NC(=O)c1ccccc1)C1CCCCC1. The van der Waals surface area contributed by atoms with Crippen LogP contribution in [0.4, 0.5) is 11.4 Å². The third-order valence-corrected chi connectivity index (χ3v) is 7.31. The maximum atomic E-state index is 12.9. The maximum absolute atomic E-state index is 12.9. The molecule has 1 aliphatic carbocycles. The summed E-state index contributed by atoms with van der Waals surface area (Å²) in [6.07, 6.45) is 6.33. The van der Waals surface area contributed by atoms with E-state index in [0.29, 0.717) is 40.4 Å². The van der Waals surface area contributed by atoms with Crippen LogP contribution in [0.2, 0.25) is 0 Å². The fourth-order valence-electron chi connectivity index (χ4n) is 5.04. The molecule has 0 radical (unpaired) electrons. The smallest absolute Gasteiger partial charge is 0.270 e. The number of aromatic amines is 1. The highest BCUT2D eigenvalue weighted by Crippen LogP contribution is 2.34. The molecule has 5 rings (SSSR count). The summed E-state index contributed by atoms with van der Waals surface area (Å²) in [5, 5.41) is 6.15. The highest BCUT2D eigenvalue weighted by molar-refractivity contribution is 7.80. The van der Waals surface area contributed by atoms with Crippen molar-refractivity contribution in [1.82, 2.24) is 15.3 Å². The van der Waals surface area contributed by atoms with Crippen molar-refractivity contribution in [1.29, 1.82) is 0 Å². The van der Waals surface area contributed by atoms with E-state index in [4.69, 9.17) is 17.2 Å². The standard InChI is InChI=1S/C30H31N5O2S/c1-35(22-15-9-4-10-16-22)27-19-24-23(32-29(37)26(31-24)17-20-11-5-2-6-12-20)18-25(27)33-30(38)34-28(36)21-13-7-3-8-14-21/h2-3,5-8,11-14,18-19,22H,4,9-10,15-17H2,1H3,(H,32,37)(H2,33,34,36,38). The number of nitrogens with zero attached hydrogens (tertiary/aromatic N) is 2. The average Bonchev–Trinajstić information content (AvgIpc) is 2.94. The lowest BCUT2D eigenvalue weighted by molar-refractivity contribution is 0.0977. The Balaban J connectivity index is 1.48. The molecule has 0 unspecified atom stereocenters. The summed E-state index contributed by atoms with van der Waals surface area (Å²) in [7, 11) is 2.09. The predicted molar refractivity (Wildman–Crippen MR) is 157 cm³/mol. The first kappa shape index (κ1) is 25.6. The van der Waals surface area contributed by atoms with Gasteiger partial charge in [0.2, 0.25) is 0 Å². The Labute approximate surface area is 227 Å². The summed E-state index contributed by atoms with van der Waals surface area (Å²) in [5.74, 6) is -0.285. The first-order chi connectivity index (χ1) is 18.5. The zero-order valence-corrected chi connectivity index (χ0v) is 22.2. The molecule has 7 nitrogen and oxygen atoms in total. The number of H-pyrrole nitrogens is 1. The fraction of sp³-hybridized carbons (Fsp3) is 0.267. The first-order valence-electron chi connectivity index (χ1n) is 13.0. The number of rotatable bonds is 6. The third-order valence-electron chi connectivity index (χ3n) is 7.11. The van der Waals surface area contributed by atoms with Crippen LogP contribution >= 0.6 is 12.2 Å². The van der Waals surface area contributed by atoms with Crippen LogP contribution in [-0.4, -0.2) is 34.1 Å². The van der Waals surface area contributed by atoms with Crippen molar-refractivity contribution in [2.24, 2.45) is 0 Å². The van der Waals surface area contributed by atoms with Crippen molar-refractivity contribution in [2.75, 3.05) is 17.3 Å². The van der Waals surface area contributed by atoms with Crippen LogP contribution in [0.1, 0.15) is 53.7 Å². The van der Waals surface area contributed by atoms with E-state index in [-0.39, 0.29) is 16.6 Å². The molecule has 0 saturated heterocycles. The number of carbonyl (C=O) groups is 1. The van der Waals surface area contributed by atoms with Gasteiger partial charge >= 0.3 is 0 Å². The average molecular weight is 526 g/mol. The number of nitrogens with one attached hydrogen (secondary N) is 3. The molecule has 0 bridgehead atoms. The number of anilines is 2. The highest BCUT2D eigenvalue weighted by Gasteiger charge is 2.22. The number of amides is 1. The quantitative estimate of drug-likeness (QED) is 0.292. The van der Waals surface area contributed by atoms with Crippen LogP contribution in [0.25, 0.3) is 11.0 Å². The van der Waals surface area contributed by atoms with E-state index in [9.17, 15) is 9.59 Å². The van der Waals surface area contributed by atoms with Gasteiger partial charge in [0, 0.05) is 25.1 Å². The fourth-order valence-corrected chi connectivity index (χ4v) is 5.25. The van der Waals surface area contributed by atoms with E-state index in [1.54, 1.807) is 24.3 Å². The molecule has 1 fully saturated rings. The second-order valence-corrected chi connectivity index (χ2v) is 10.1. The van der Waals surface area contributed by atoms with Crippen LogP contribution in [0.5, 0.6) is 0 Å². The van der Waals surface area contributed by atoms with Gasteiger partial charge in [0.05, 0.1) is 22.4 Å². The predicted octanol–water partition coefficient (Wildman–Crippen LogP) is 5.41. The Bertz CT molecular complexity index is 1500. The van der Waals surface area contributed by atoms with E-state index >= 15 is 0 Å². The summed E-state index contributed by atoms with van der Waals surface area (Å²) in [6.45, 7) is 0.